The molecule has 1 aliphatic rings. The first-order valence-electron chi connectivity index (χ1n) is 8.98. The highest BCUT2D eigenvalue weighted by Gasteiger charge is 2.29. The summed E-state index contributed by atoms with van der Waals surface area (Å²) in [7, 11) is 1.98. The molecule has 1 fully saturated rings. The van der Waals surface area contributed by atoms with Crippen LogP contribution < -0.4 is 5.32 Å². The van der Waals surface area contributed by atoms with E-state index in [1.54, 1.807) is 0 Å². The predicted octanol–water partition coefficient (Wildman–Crippen LogP) is 2.12. The quantitative estimate of drug-likeness (QED) is 0.780. The predicted molar refractivity (Wildman–Crippen MR) is 94.1 cm³/mol. The van der Waals surface area contributed by atoms with Crippen LogP contribution in [0.4, 0.5) is 0 Å². The average Bonchev–Trinajstić information content (AvgIpc) is 2.46. The molecule has 0 saturated carbocycles. The Morgan fingerprint density at radius 3 is 2.43 bits per heavy atom. The number of likely N-dealkylation sites (tertiary alicyclic amines) is 1. The first kappa shape index (κ1) is 19.9. The van der Waals surface area contributed by atoms with Crippen molar-refractivity contribution in [1.29, 1.82) is 0 Å². The lowest BCUT2D eigenvalue weighted by molar-refractivity contribution is -0.134. The minimum atomic E-state index is 0.148. The lowest BCUT2D eigenvalue weighted by atomic mass is 9.93. The summed E-state index contributed by atoms with van der Waals surface area (Å²) in [5.74, 6) is 1.20. The van der Waals surface area contributed by atoms with Gasteiger partial charge in [0.25, 0.3) is 0 Å². The topological polar surface area (TPSA) is 52.7 Å². The van der Waals surface area contributed by atoms with Gasteiger partial charge in [-0.05, 0) is 45.6 Å². The molecular weight excluding hydrogens is 290 g/mol. The Bertz CT molecular complexity index is 396. The number of nitrogens with one attached hydrogen (secondary N) is 1. The van der Waals surface area contributed by atoms with Crippen molar-refractivity contribution in [2.45, 2.75) is 66.0 Å². The molecule has 0 aromatic carbocycles. The normalized spacial score (nSPS) is 22.0. The van der Waals surface area contributed by atoms with Gasteiger partial charge in [-0.2, -0.15) is 0 Å². The zero-order chi connectivity index (χ0) is 17.6. The summed E-state index contributed by atoms with van der Waals surface area (Å²) in [6.07, 6.45) is 2.38. The lowest BCUT2D eigenvalue weighted by Gasteiger charge is -2.38. The molecule has 2 amide bonds. The van der Waals surface area contributed by atoms with Gasteiger partial charge in [-0.15, -0.1) is 0 Å². The van der Waals surface area contributed by atoms with Crippen LogP contribution in [-0.4, -0.2) is 60.4 Å². The van der Waals surface area contributed by atoms with Crippen LogP contribution in [0.1, 0.15) is 53.9 Å². The largest absolute Gasteiger partial charge is 0.353 e. The molecule has 23 heavy (non-hydrogen) atoms. The lowest BCUT2D eigenvalue weighted by Crippen LogP contribution is -2.53. The SMILES string of the molecule is CC(C)CCC(=O)NC1CCN(C(=O)CN(C)C(C)C)CC1C. The Morgan fingerprint density at radius 1 is 1.26 bits per heavy atom. The molecule has 1 N–H and O–H groups in total. The number of hydrogen-bond donors (Lipinski definition) is 1. The Labute approximate surface area is 141 Å². The number of likely N-dealkylation sites (N-methyl/N-ethyl adjacent to an activating group) is 1. The van der Waals surface area contributed by atoms with Crippen molar-refractivity contribution in [3.05, 3.63) is 0 Å². The van der Waals surface area contributed by atoms with Crippen LogP contribution >= 0.6 is 0 Å². The van der Waals surface area contributed by atoms with E-state index in [-0.39, 0.29) is 17.9 Å². The molecule has 0 radical (unpaired) electrons. The fourth-order valence-corrected chi connectivity index (χ4v) is 2.78. The van der Waals surface area contributed by atoms with Crippen molar-refractivity contribution < 1.29 is 9.59 Å². The van der Waals surface area contributed by atoms with Crippen molar-refractivity contribution in [2.75, 3.05) is 26.7 Å². The zero-order valence-corrected chi connectivity index (χ0v) is 15.8. The van der Waals surface area contributed by atoms with Crippen LogP contribution in [0, 0.1) is 11.8 Å². The van der Waals surface area contributed by atoms with Gasteiger partial charge in [0, 0.05) is 31.6 Å². The number of rotatable bonds is 7. The van der Waals surface area contributed by atoms with Gasteiger partial charge in [0.1, 0.15) is 0 Å². The monoisotopic (exact) mass is 325 g/mol. The summed E-state index contributed by atoms with van der Waals surface area (Å²) < 4.78 is 0. The van der Waals surface area contributed by atoms with Gasteiger partial charge in [-0.25, -0.2) is 0 Å². The van der Waals surface area contributed by atoms with Crippen LogP contribution in [-0.2, 0) is 9.59 Å². The summed E-state index contributed by atoms with van der Waals surface area (Å²) in [6, 6.07) is 0.565. The first-order valence-corrected chi connectivity index (χ1v) is 8.98. The molecule has 1 aliphatic heterocycles. The number of piperidine rings is 1. The minimum absolute atomic E-state index is 0.148. The van der Waals surface area contributed by atoms with E-state index in [9.17, 15) is 9.59 Å². The van der Waals surface area contributed by atoms with Gasteiger partial charge in [0.15, 0.2) is 0 Å². The van der Waals surface area contributed by atoms with E-state index in [1.165, 1.54) is 0 Å². The van der Waals surface area contributed by atoms with E-state index in [0.29, 0.717) is 30.8 Å². The first-order chi connectivity index (χ1) is 10.7. The van der Waals surface area contributed by atoms with E-state index < -0.39 is 0 Å². The van der Waals surface area contributed by atoms with Gasteiger partial charge in [-0.1, -0.05) is 20.8 Å². The summed E-state index contributed by atoms with van der Waals surface area (Å²) in [4.78, 5) is 28.4. The van der Waals surface area contributed by atoms with Crippen molar-refractivity contribution in [3.8, 4) is 0 Å². The third-order valence-corrected chi connectivity index (χ3v) is 4.82. The molecular formula is C18H35N3O2. The highest BCUT2D eigenvalue weighted by molar-refractivity contribution is 5.78. The van der Waals surface area contributed by atoms with Gasteiger partial charge >= 0.3 is 0 Å². The smallest absolute Gasteiger partial charge is 0.236 e. The van der Waals surface area contributed by atoms with Gasteiger partial charge in [0.2, 0.25) is 11.8 Å². The second-order valence-corrected chi connectivity index (χ2v) is 7.72. The van der Waals surface area contributed by atoms with Gasteiger partial charge < -0.3 is 10.2 Å². The number of carbonyl (C=O) groups is 2. The maximum Gasteiger partial charge on any atom is 0.236 e. The Kier molecular flexibility index (Phi) is 8.03. The van der Waals surface area contributed by atoms with E-state index in [4.69, 9.17) is 0 Å². The summed E-state index contributed by atoms with van der Waals surface area (Å²) in [5.41, 5.74) is 0. The average molecular weight is 325 g/mol. The highest BCUT2D eigenvalue weighted by Crippen LogP contribution is 2.18. The maximum absolute atomic E-state index is 12.4. The van der Waals surface area contributed by atoms with E-state index in [0.717, 1.165) is 25.9 Å². The molecule has 2 atom stereocenters. The van der Waals surface area contributed by atoms with Crippen LogP contribution in [0.25, 0.3) is 0 Å². The Morgan fingerprint density at radius 2 is 1.91 bits per heavy atom. The van der Waals surface area contributed by atoms with Gasteiger partial charge in [-0.3, -0.25) is 14.5 Å². The van der Waals surface area contributed by atoms with Crippen molar-refractivity contribution in [3.63, 3.8) is 0 Å². The molecule has 5 nitrogen and oxygen atoms in total. The fraction of sp³-hybridized carbons (Fsp3) is 0.889. The van der Waals surface area contributed by atoms with Crippen molar-refractivity contribution >= 4 is 11.8 Å². The molecule has 1 saturated heterocycles. The second-order valence-electron chi connectivity index (χ2n) is 7.72. The molecule has 5 heteroatoms. The molecule has 0 bridgehead atoms. The zero-order valence-electron chi connectivity index (χ0n) is 15.8. The number of amides is 2. The fourth-order valence-electron chi connectivity index (χ4n) is 2.78. The van der Waals surface area contributed by atoms with E-state index in [1.807, 2.05) is 11.9 Å². The second kappa shape index (κ2) is 9.26. The molecule has 2 unspecified atom stereocenters. The summed E-state index contributed by atoms with van der Waals surface area (Å²) in [6.45, 7) is 12.5. The van der Waals surface area contributed by atoms with Crippen LogP contribution in [0.15, 0.2) is 0 Å². The highest BCUT2D eigenvalue weighted by atomic mass is 16.2. The molecule has 0 spiro atoms. The van der Waals surface area contributed by atoms with Gasteiger partial charge in [0.05, 0.1) is 6.54 Å². The maximum atomic E-state index is 12.4. The molecule has 134 valence electrons. The third kappa shape index (κ3) is 6.90. The third-order valence-electron chi connectivity index (χ3n) is 4.82. The van der Waals surface area contributed by atoms with Crippen molar-refractivity contribution in [2.24, 2.45) is 11.8 Å². The molecule has 0 aromatic heterocycles. The molecule has 1 heterocycles. The number of hydrogen-bond acceptors (Lipinski definition) is 3. The Hall–Kier alpha value is -1.10. The number of nitrogens with zero attached hydrogens (tertiary/aromatic N) is 2. The van der Waals surface area contributed by atoms with Crippen LogP contribution in [0.5, 0.6) is 0 Å². The van der Waals surface area contributed by atoms with E-state index in [2.05, 4.69) is 44.8 Å². The molecule has 1 rings (SSSR count). The summed E-state index contributed by atoms with van der Waals surface area (Å²) in [5, 5.41) is 3.16. The molecule has 0 aromatic rings. The number of carbonyl (C=O) groups excluding carboxylic acids is 2. The van der Waals surface area contributed by atoms with Crippen molar-refractivity contribution in [1.82, 2.24) is 15.1 Å². The van der Waals surface area contributed by atoms with E-state index >= 15 is 0 Å². The standard InChI is InChI=1S/C18H35N3O2/c1-13(2)7-8-17(22)19-16-9-10-21(11-15(16)5)18(23)12-20(6)14(3)4/h13-16H,7-12H2,1-6H3,(H,19,22). The summed E-state index contributed by atoms with van der Waals surface area (Å²) >= 11 is 0. The minimum Gasteiger partial charge on any atom is -0.353 e. The Balaban J connectivity index is 2.41. The van der Waals surface area contributed by atoms with Crippen LogP contribution in [0.3, 0.4) is 0 Å². The molecule has 0 aliphatic carbocycles. The van der Waals surface area contributed by atoms with Crippen LogP contribution in [0.2, 0.25) is 0 Å².